The summed E-state index contributed by atoms with van der Waals surface area (Å²) in [5.41, 5.74) is 0. The first-order valence-electron chi connectivity index (χ1n) is 18.3. The zero-order valence-corrected chi connectivity index (χ0v) is 31.3. The van der Waals surface area contributed by atoms with Crippen molar-refractivity contribution in [1.82, 2.24) is 0 Å². The Morgan fingerprint density at radius 1 is 0.256 bits per heavy atom. The molecule has 3 aliphatic carbocycles. The first-order valence-corrected chi connectivity index (χ1v) is 18.3. The molecule has 272 valence electrons. The van der Waals surface area contributed by atoms with Gasteiger partial charge < -0.3 is 0 Å². The molecule has 0 heteroatoms. The second-order valence-corrected chi connectivity index (χ2v) is 14.5. The molecule has 43 heavy (non-hydrogen) atoms. The smallest absolute Gasteiger partial charge is 0.0386 e. The first-order chi connectivity index (χ1) is 18.3. The van der Waals surface area contributed by atoms with Gasteiger partial charge in [-0.25, -0.2) is 0 Å². The van der Waals surface area contributed by atoms with Crippen LogP contribution in [-0.4, -0.2) is 0 Å². The summed E-state index contributed by atoms with van der Waals surface area (Å²) in [6.07, 6.45) is 13.4. The van der Waals surface area contributed by atoms with Gasteiger partial charge in [0, 0.05) is 0 Å². The molecule has 0 amide bonds. The topological polar surface area (TPSA) is 0 Å². The van der Waals surface area contributed by atoms with E-state index in [1.54, 1.807) is 0 Å². The Morgan fingerprint density at radius 2 is 0.395 bits per heavy atom. The molecule has 0 nitrogen and oxygen atoms in total. The summed E-state index contributed by atoms with van der Waals surface area (Å²) in [7, 11) is 0. The lowest BCUT2D eigenvalue weighted by atomic mass is 9.65. The third-order valence-electron chi connectivity index (χ3n) is 10.2. The van der Waals surface area contributed by atoms with Gasteiger partial charge in [-0.05, 0) is 129 Å². The van der Waals surface area contributed by atoms with Crippen LogP contribution in [-0.2, 0) is 0 Å². The van der Waals surface area contributed by atoms with Crippen LogP contribution in [0.1, 0.15) is 212 Å². The minimum atomic E-state index is 0. The average Bonchev–Trinajstić information content (AvgIpc) is 3.39. The van der Waals surface area contributed by atoms with Crippen LogP contribution in [0.2, 0.25) is 0 Å². The van der Waals surface area contributed by atoms with Crippen LogP contribution in [0.4, 0.5) is 0 Å². The van der Waals surface area contributed by atoms with E-state index in [1.807, 2.05) is 41.5 Å². The van der Waals surface area contributed by atoms with E-state index in [2.05, 4.69) is 83.1 Å². The number of hydrogen-bond acceptors (Lipinski definition) is 0. The van der Waals surface area contributed by atoms with Crippen LogP contribution in [0, 0.1) is 71.0 Å². The standard InChI is InChI=1S/C12H24.C11H22.C10H20.3C2H6.4CH4/c1-9(2)11-5-7-12(8-6-11)10(3)4;1-8(2)10-5-6-11(7-10)9(3)4;1-7(2)9-5-10(6-9)8(3)4;3*1-2;;;;/h9-12H,5-8H2,1-4H3;8-11H,5-7H2,1-4H3;7-10H,5-6H2,1-4H3;3*1-2H3;4*1H4. The predicted molar refractivity (Wildman–Crippen MR) is 212 cm³/mol. The van der Waals surface area contributed by atoms with Gasteiger partial charge in [0.2, 0.25) is 0 Å². The van der Waals surface area contributed by atoms with Gasteiger partial charge in [-0.1, -0.05) is 154 Å². The summed E-state index contributed by atoms with van der Waals surface area (Å²) in [5, 5.41) is 0. The Kier molecular flexibility index (Phi) is 47.5. The lowest BCUT2D eigenvalue weighted by Gasteiger charge is -2.40. The maximum Gasteiger partial charge on any atom is -0.0386 e. The zero-order chi connectivity index (χ0) is 31.3. The van der Waals surface area contributed by atoms with E-state index >= 15 is 0 Å². The first kappa shape index (κ1) is 58.5. The monoisotopic (exact) mass is 617 g/mol. The molecule has 3 saturated carbocycles. The lowest BCUT2D eigenvalue weighted by molar-refractivity contribution is 0.102. The molecule has 2 unspecified atom stereocenters. The Bertz CT molecular complexity index is 426. The van der Waals surface area contributed by atoms with Crippen molar-refractivity contribution < 1.29 is 0 Å². The van der Waals surface area contributed by atoms with Crippen LogP contribution in [0.3, 0.4) is 0 Å². The van der Waals surface area contributed by atoms with Gasteiger partial charge in [0.25, 0.3) is 0 Å². The van der Waals surface area contributed by atoms with Gasteiger partial charge in [0.15, 0.2) is 0 Å². The van der Waals surface area contributed by atoms with Crippen molar-refractivity contribution in [3.05, 3.63) is 0 Å². The second kappa shape index (κ2) is 34.9. The van der Waals surface area contributed by atoms with Crippen molar-refractivity contribution in [3.63, 3.8) is 0 Å². The highest BCUT2D eigenvalue weighted by Crippen LogP contribution is 2.42. The molecule has 0 aromatic carbocycles. The normalized spacial score (nSPS) is 25.1. The van der Waals surface area contributed by atoms with Crippen molar-refractivity contribution >= 4 is 0 Å². The molecule has 3 fully saturated rings. The fourth-order valence-corrected chi connectivity index (χ4v) is 6.54. The fourth-order valence-electron chi connectivity index (χ4n) is 6.54. The van der Waals surface area contributed by atoms with Gasteiger partial charge in [-0.3, -0.25) is 0 Å². The molecule has 0 spiro atoms. The Hall–Kier alpha value is 0. The van der Waals surface area contributed by atoms with Crippen LogP contribution in [0.15, 0.2) is 0 Å². The molecule has 0 aromatic heterocycles. The minimum absolute atomic E-state index is 0. The van der Waals surface area contributed by atoms with Crippen molar-refractivity contribution in [2.24, 2.45) is 71.0 Å². The molecule has 0 radical (unpaired) electrons. The van der Waals surface area contributed by atoms with E-state index in [0.29, 0.717) is 0 Å². The molecule has 0 N–H and O–H groups in total. The van der Waals surface area contributed by atoms with E-state index in [4.69, 9.17) is 0 Å². The van der Waals surface area contributed by atoms with E-state index in [1.165, 1.54) is 57.8 Å². The van der Waals surface area contributed by atoms with E-state index in [9.17, 15) is 0 Å². The molecular formula is C43H100. The third kappa shape index (κ3) is 25.8. The predicted octanol–water partition coefficient (Wildman–Crippen LogP) is 16.8. The highest BCUT2D eigenvalue weighted by molar-refractivity contribution is 4.83. The fraction of sp³-hybridized carbons (Fsp3) is 1.00. The van der Waals surface area contributed by atoms with E-state index in [-0.39, 0.29) is 29.7 Å². The SMILES string of the molecule is C.C.C.C.CC.CC.CC.CC(C)C1CC(C(C)C)C1.CC(C)C1CCC(C(C)C)C1.CC(C)C1CCC(C(C)C)CC1. The molecule has 0 heterocycles. The summed E-state index contributed by atoms with van der Waals surface area (Å²) in [5.74, 6) is 11.7. The summed E-state index contributed by atoms with van der Waals surface area (Å²) in [6.45, 7) is 40.4. The van der Waals surface area contributed by atoms with Gasteiger partial charge in [0.1, 0.15) is 0 Å². The molecule has 0 bridgehead atoms. The van der Waals surface area contributed by atoms with E-state index < -0.39 is 0 Å². The minimum Gasteiger partial charge on any atom is -0.0776 e. The summed E-state index contributed by atoms with van der Waals surface area (Å²) < 4.78 is 0. The van der Waals surface area contributed by atoms with Crippen LogP contribution < -0.4 is 0 Å². The summed E-state index contributed by atoms with van der Waals surface area (Å²) >= 11 is 0. The molecular weight excluding hydrogens is 516 g/mol. The molecule has 0 aromatic rings. The van der Waals surface area contributed by atoms with Crippen LogP contribution in [0.5, 0.6) is 0 Å². The molecule has 3 aliphatic rings. The van der Waals surface area contributed by atoms with Gasteiger partial charge in [-0.2, -0.15) is 0 Å². The quantitative estimate of drug-likeness (QED) is 0.278. The highest BCUT2D eigenvalue weighted by atomic mass is 14.4. The van der Waals surface area contributed by atoms with Gasteiger partial charge >= 0.3 is 0 Å². The highest BCUT2D eigenvalue weighted by Gasteiger charge is 2.32. The van der Waals surface area contributed by atoms with Gasteiger partial charge in [0.05, 0.1) is 0 Å². The summed E-state index contributed by atoms with van der Waals surface area (Å²) in [6, 6.07) is 0. The van der Waals surface area contributed by atoms with Crippen LogP contribution >= 0.6 is 0 Å². The molecule has 0 aliphatic heterocycles. The second-order valence-electron chi connectivity index (χ2n) is 14.5. The maximum absolute atomic E-state index is 2.38. The van der Waals surface area contributed by atoms with Crippen LogP contribution in [0.25, 0.3) is 0 Å². The third-order valence-corrected chi connectivity index (χ3v) is 10.2. The maximum atomic E-state index is 2.38. The lowest BCUT2D eigenvalue weighted by Crippen LogP contribution is -2.30. The molecule has 2 atom stereocenters. The zero-order valence-electron chi connectivity index (χ0n) is 31.3. The Morgan fingerprint density at radius 3 is 0.535 bits per heavy atom. The van der Waals surface area contributed by atoms with E-state index in [0.717, 1.165) is 71.0 Å². The van der Waals surface area contributed by atoms with Gasteiger partial charge in [-0.15, -0.1) is 0 Å². The van der Waals surface area contributed by atoms with Crippen molar-refractivity contribution in [3.8, 4) is 0 Å². The Labute approximate surface area is 282 Å². The largest absolute Gasteiger partial charge is 0.0776 e. The van der Waals surface area contributed by atoms with Crippen molar-refractivity contribution in [1.29, 1.82) is 0 Å². The summed E-state index contributed by atoms with van der Waals surface area (Å²) in [4.78, 5) is 0. The Balaban J connectivity index is -0.0000000797. The average molecular weight is 617 g/mol. The van der Waals surface area contributed by atoms with Crippen molar-refractivity contribution in [2.45, 2.75) is 212 Å². The number of hydrogen-bond donors (Lipinski definition) is 0. The van der Waals surface area contributed by atoms with Crippen molar-refractivity contribution in [2.75, 3.05) is 0 Å². The molecule has 3 rings (SSSR count). The molecule has 0 saturated heterocycles. The number of rotatable bonds is 6.